The third-order valence-electron chi connectivity index (χ3n) is 4.36. The zero-order chi connectivity index (χ0) is 14.3. The molecule has 1 aliphatic carbocycles. The molecule has 0 aromatic rings. The molecule has 1 rings (SSSR count). The van der Waals surface area contributed by atoms with E-state index < -0.39 is 0 Å². The number of hydrogen-bond acceptors (Lipinski definition) is 4. The van der Waals surface area contributed by atoms with Gasteiger partial charge in [0.05, 0.1) is 13.2 Å². The van der Waals surface area contributed by atoms with Crippen LogP contribution in [0.4, 0.5) is 0 Å². The summed E-state index contributed by atoms with van der Waals surface area (Å²) >= 11 is 0. The molecule has 0 heterocycles. The minimum atomic E-state index is -0.0715. The van der Waals surface area contributed by atoms with Crippen molar-refractivity contribution in [3.8, 4) is 0 Å². The van der Waals surface area contributed by atoms with Gasteiger partial charge in [-0.15, -0.1) is 0 Å². The molecule has 1 saturated carbocycles. The number of rotatable bonds is 8. The van der Waals surface area contributed by atoms with E-state index in [9.17, 15) is 5.11 Å². The molecule has 1 fully saturated rings. The summed E-state index contributed by atoms with van der Waals surface area (Å²) in [4.78, 5) is 2.53. The van der Waals surface area contributed by atoms with Gasteiger partial charge in [-0.25, -0.2) is 0 Å². The summed E-state index contributed by atoms with van der Waals surface area (Å²) in [7, 11) is 1.76. The fourth-order valence-corrected chi connectivity index (χ4v) is 3.41. The summed E-state index contributed by atoms with van der Waals surface area (Å²) in [5, 5.41) is 13.3. The minimum Gasteiger partial charge on any atom is -0.394 e. The molecule has 0 bridgehead atoms. The van der Waals surface area contributed by atoms with Gasteiger partial charge in [0.15, 0.2) is 0 Å². The van der Waals surface area contributed by atoms with E-state index in [0.29, 0.717) is 12.1 Å². The molecule has 0 radical (unpaired) electrons. The maximum absolute atomic E-state index is 9.78. The topological polar surface area (TPSA) is 44.7 Å². The van der Waals surface area contributed by atoms with Crippen LogP contribution in [0, 0.1) is 0 Å². The second-order valence-corrected chi connectivity index (χ2v) is 6.04. The predicted molar refractivity (Wildman–Crippen MR) is 79.5 cm³/mol. The molecule has 0 aliphatic heterocycles. The number of hydrogen-bond donors (Lipinski definition) is 2. The number of ether oxygens (including phenoxy) is 1. The van der Waals surface area contributed by atoms with Crippen molar-refractivity contribution in [1.82, 2.24) is 10.2 Å². The number of nitrogens with zero attached hydrogens (tertiary/aromatic N) is 1. The third kappa shape index (κ3) is 4.71. The number of methoxy groups -OCH3 is 1. The number of aliphatic hydroxyl groups excluding tert-OH is 1. The van der Waals surface area contributed by atoms with Gasteiger partial charge in [-0.3, -0.25) is 4.90 Å². The van der Waals surface area contributed by atoms with E-state index in [2.05, 4.69) is 31.0 Å². The van der Waals surface area contributed by atoms with E-state index in [1.54, 1.807) is 7.11 Å². The molecule has 1 aliphatic rings. The van der Waals surface area contributed by atoms with E-state index in [1.807, 2.05) is 0 Å². The van der Waals surface area contributed by atoms with Gasteiger partial charge in [-0.1, -0.05) is 6.92 Å². The van der Waals surface area contributed by atoms with Crippen LogP contribution in [0.3, 0.4) is 0 Å². The molecule has 0 aromatic carbocycles. The lowest BCUT2D eigenvalue weighted by molar-refractivity contribution is 0.0318. The molecule has 4 nitrogen and oxygen atoms in total. The second-order valence-electron chi connectivity index (χ2n) is 6.04. The van der Waals surface area contributed by atoms with Crippen LogP contribution >= 0.6 is 0 Å². The maximum Gasteiger partial charge on any atom is 0.0613 e. The standard InChI is InChI=1S/C15H32N2O2/c1-5-16-15(12-18)8-6-7-14(11-15)17(13(2)3)9-10-19-4/h13-14,16,18H,5-12H2,1-4H3. The Bertz CT molecular complexity index is 244. The first-order valence-corrected chi connectivity index (χ1v) is 7.69. The molecule has 0 spiro atoms. The Hall–Kier alpha value is -0.160. The van der Waals surface area contributed by atoms with Gasteiger partial charge in [-0.2, -0.15) is 0 Å². The van der Waals surface area contributed by atoms with Crippen LogP contribution < -0.4 is 5.32 Å². The summed E-state index contributed by atoms with van der Waals surface area (Å²) in [6.07, 6.45) is 4.55. The molecule has 114 valence electrons. The van der Waals surface area contributed by atoms with Gasteiger partial charge in [0.2, 0.25) is 0 Å². The van der Waals surface area contributed by atoms with Gasteiger partial charge in [0.25, 0.3) is 0 Å². The summed E-state index contributed by atoms with van der Waals surface area (Å²) in [5.74, 6) is 0. The highest BCUT2D eigenvalue weighted by atomic mass is 16.5. The summed E-state index contributed by atoms with van der Waals surface area (Å²) < 4.78 is 5.23. The SMILES string of the molecule is CCNC1(CO)CCCC(N(CCOC)C(C)C)C1. The van der Waals surface area contributed by atoms with E-state index in [1.165, 1.54) is 12.8 Å². The Morgan fingerprint density at radius 2 is 2.21 bits per heavy atom. The minimum absolute atomic E-state index is 0.0715. The van der Waals surface area contributed by atoms with Crippen molar-refractivity contribution >= 4 is 0 Å². The molecule has 0 saturated heterocycles. The average Bonchev–Trinajstić information content (AvgIpc) is 2.39. The zero-order valence-corrected chi connectivity index (χ0v) is 13.1. The first-order chi connectivity index (χ1) is 9.08. The van der Waals surface area contributed by atoms with E-state index >= 15 is 0 Å². The average molecular weight is 272 g/mol. The lowest BCUT2D eigenvalue weighted by Gasteiger charge is -2.45. The van der Waals surface area contributed by atoms with Crippen LogP contribution in [0.2, 0.25) is 0 Å². The van der Waals surface area contributed by atoms with Gasteiger partial charge in [-0.05, 0) is 46.1 Å². The largest absolute Gasteiger partial charge is 0.394 e. The van der Waals surface area contributed by atoms with Crippen molar-refractivity contribution < 1.29 is 9.84 Å². The van der Waals surface area contributed by atoms with Crippen LogP contribution in [0.15, 0.2) is 0 Å². The highest BCUT2D eigenvalue weighted by molar-refractivity contribution is 4.96. The molecular formula is C15H32N2O2. The van der Waals surface area contributed by atoms with Gasteiger partial charge >= 0.3 is 0 Å². The van der Waals surface area contributed by atoms with Crippen LogP contribution in [-0.2, 0) is 4.74 Å². The summed E-state index contributed by atoms with van der Waals surface area (Å²) in [6, 6.07) is 1.08. The van der Waals surface area contributed by atoms with Crippen LogP contribution in [0.25, 0.3) is 0 Å². The molecule has 2 unspecified atom stereocenters. The predicted octanol–water partition coefficient (Wildman–Crippen LogP) is 1.63. The molecule has 2 N–H and O–H groups in total. The zero-order valence-electron chi connectivity index (χ0n) is 13.1. The molecule has 19 heavy (non-hydrogen) atoms. The molecule has 4 heteroatoms. The van der Waals surface area contributed by atoms with Crippen LogP contribution in [-0.4, -0.2) is 61.0 Å². The summed E-state index contributed by atoms with van der Waals surface area (Å²) in [5.41, 5.74) is -0.0715. The molecule has 2 atom stereocenters. The van der Waals surface area contributed by atoms with Crippen LogP contribution in [0.1, 0.15) is 46.5 Å². The van der Waals surface area contributed by atoms with Crippen molar-refractivity contribution in [2.75, 3.05) is 33.4 Å². The van der Waals surface area contributed by atoms with Crippen molar-refractivity contribution in [2.45, 2.75) is 64.1 Å². The fourth-order valence-electron chi connectivity index (χ4n) is 3.41. The fraction of sp³-hybridized carbons (Fsp3) is 1.00. The Morgan fingerprint density at radius 3 is 2.74 bits per heavy atom. The van der Waals surface area contributed by atoms with Crippen molar-refractivity contribution in [1.29, 1.82) is 0 Å². The van der Waals surface area contributed by atoms with Gasteiger partial charge < -0.3 is 15.2 Å². The van der Waals surface area contributed by atoms with Gasteiger partial charge in [0, 0.05) is 31.3 Å². The number of likely N-dealkylation sites (N-methyl/N-ethyl adjacent to an activating group) is 1. The van der Waals surface area contributed by atoms with Gasteiger partial charge in [0.1, 0.15) is 0 Å². The quantitative estimate of drug-likeness (QED) is 0.705. The Labute approximate surface area is 118 Å². The van der Waals surface area contributed by atoms with E-state index in [0.717, 1.165) is 32.5 Å². The summed E-state index contributed by atoms with van der Waals surface area (Å²) in [6.45, 7) is 9.54. The van der Waals surface area contributed by atoms with Crippen molar-refractivity contribution in [2.24, 2.45) is 0 Å². The van der Waals surface area contributed by atoms with Crippen LogP contribution in [0.5, 0.6) is 0 Å². The molecular weight excluding hydrogens is 240 g/mol. The monoisotopic (exact) mass is 272 g/mol. The van der Waals surface area contributed by atoms with E-state index in [4.69, 9.17) is 4.74 Å². The maximum atomic E-state index is 9.78. The highest BCUT2D eigenvalue weighted by Gasteiger charge is 2.37. The number of nitrogens with one attached hydrogen (secondary N) is 1. The Morgan fingerprint density at radius 1 is 1.47 bits per heavy atom. The second kappa shape index (κ2) is 8.20. The Balaban J connectivity index is 2.69. The lowest BCUT2D eigenvalue weighted by Crippen LogP contribution is -2.57. The van der Waals surface area contributed by atoms with Crippen molar-refractivity contribution in [3.63, 3.8) is 0 Å². The Kier molecular flexibility index (Phi) is 7.29. The van der Waals surface area contributed by atoms with E-state index in [-0.39, 0.29) is 12.1 Å². The first-order valence-electron chi connectivity index (χ1n) is 7.69. The van der Waals surface area contributed by atoms with Crippen molar-refractivity contribution in [3.05, 3.63) is 0 Å². The smallest absolute Gasteiger partial charge is 0.0613 e. The highest BCUT2D eigenvalue weighted by Crippen LogP contribution is 2.31. The third-order valence-corrected chi connectivity index (χ3v) is 4.36. The molecule has 0 aromatic heterocycles. The lowest BCUT2D eigenvalue weighted by atomic mass is 9.78. The molecule has 0 amide bonds. The normalized spacial score (nSPS) is 28.3. The first kappa shape index (κ1) is 16.9. The number of aliphatic hydroxyl groups is 1.